The maximum absolute atomic E-state index is 12.4. The first-order valence-corrected chi connectivity index (χ1v) is 9.24. The highest BCUT2D eigenvalue weighted by molar-refractivity contribution is 5.93. The van der Waals surface area contributed by atoms with Gasteiger partial charge in [-0.15, -0.1) is 0 Å². The Bertz CT molecular complexity index is 602. The predicted octanol–water partition coefficient (Wildman–Crippen LogP) is 1.89. The molecule has 1 saturated carbocycles. The lowest BCUT2D eigenvalue weighted by Gasteiger charge is -2.24. The van der Waals surface area contributed by atoms with Gasteiger partial charge in [-0.05, 0) is 44.4 Å². The van der Waals surface area contributed by atoms with Crippen molar-refractivity contribution in [2.75, 3.05) is 6.54 Å². The van der Waals surface area contributed by atoms with E-state index in [4.69, 9.17) is 0 Å². The van der Waals surface area contributed by atoms with E-state index in [-0.39, 0.29) is 23.8 Å². The molecule has 1 aromatic heterocycles. The Morgan fingerprint density at radius 1 is 1.29 bits per heavy atom. The van der Waals surface area contributed by atoms with Crippen LogP contribution in [0.25, 0.3) is 0 Å². The zero-order valence-corrected chi connectivity index (χ0v) is 14.7. The van der Waals surface area contributed by atoms with Crippen LogP contribution in [0.1, 0.15) is 62.1 Å². The number of carbonyl (C=O) groups excluding carboxylic acids is 2. The number of amides is 2. The molecule has 6 nitrogen and oxygen atoms in total. The molecule has 3 rings (SSSR count). The number of fused-ring (bicyclic) bond motifs is 1. The molecule has 1 aliphatic heterocycles. The van der Waals surface area contributed by atoms with Crippen molar-refractivity contribution in [3.63, 3.8) is 0 Å². The van der Waals surface area contributed by atoms with Crippen molar-refractivity contribution in [2.45, 2.75) is 65.0 Å². The molecule has 6 heteroatoms. The summed E-state index contributed by atoms with van der Waals surface area (Å²) in [6.45, 7) is 5.58. The number of nitrogens with zero attached hydrogens (tertiary/aromatic N) is 2. The van der Waals surface area contributed by atoms with Gasteiger partial charge in [0, 0.05) is 19.1 Å². The maximum atomic E-state index is 12.4. The Kier molecular flexibility index (Phi) is 5.21. The highest BCUT2D eigenvalue weighted by Crippen LogP contribution is 2.28. The summed E-state index contributed by atoms with van der Waals surface area (Å²) in [6.07, 6.45) is 7.54. The van der Waals surface area contributed by atoms with E-state index < -0.39 is 0 Å². The molecule has 0 radical (unpaired) electrons. The molecule has 0 spiro atoms. The summed E-state index contributed by atoms with van der Waals surface area (Å²) in [5, 5.41) is 6.11. The zero-order chi connectivity index (χ0) is 17.1. The second-order valence-electron chi connectivity index (χ2n) is 7.10. The molecule has 1 atom stereocenters. The lowest BCUT2D eigenvalue weighted by atomic mass is 9.96. The van der Waals surface area contributed by atoms with Crippen molar-refractivity contribution in [2.24, 2.45) is 11.8 Å². The van der Waals surface area contributed by atoms with E-state index in [9.17, 15) is 9.59 Å². The smallest absolute Gasteiger partial charge is 0.271 e. The van der Waals surface area contributed by atoms with E-state index in [0.717, 1.165) is 37.9 Å². The number of carbonyl (C=O) groups is 2. The van der Waals surface area contributed by atoms with E-state index in [1.54, 1.807) is 6.33 Å². The second kappa shape index (κ2) is 7.36. The van der Waals surface area contributed by atoms with Crippen LogP contribution in [-0.4, -0.2) is 34.0 Å². The quantitative estimate of drug-likeness (QED) is 0.800. The summed E-state index contributed by atoms with van der Waals surface area (Å²) >= 11 is 0. The first-order valence-electron chi connectivity index (χ1n) is 9.24. The third-order valence-electron chi connectivity index (χ3n) is 5.26. The Morgan fingerprint density at radius 2 is 2.04 bits per heavy atom. The van der Waals surface area contributed by atoms with E-state index in [1.807, 2.05) is 4.57 Å². The lowest BCUT2D eigenvalue weighted by molar-refractivity contribution is -0.126. The van der Waals surface area contributed by atoms with E-state index in [2.05, 4.69) is 29.5 Å². The van der Waals surface area contributed by atoms with Crippen molar-refractivity contribution < 1.29 is 9.59 Å². The van der Waals surface area contributed by atoms with Crippen molar-refractivity contribution >= 4 is 11.8 Å². The van der Waals surface area contributed by atoms with Crippen LogP contribution in [-0.2, 0) is 17.8 Å². The standard InChI is InChI=1S/C18H28N4O2/c1-3-14(4-2)21-18(24)16-15-8-7-13(10-22(15)11-20-16)17(23)19-9-12-5-6-12/h11-14H,3-10H2,1-2H3,(H,19,23)(H,21,24). The average molecular weight is 332 g/mol. The molecule has 132 valence electrons. The number of hydrogen-bond acceptors (Lipinski definition) is 3. The topological polar surface area (TPSA) is 76.0 Å². The van der Waals surface area contributed by atoms with Gasteiger partial charge in [-0.1, -0.05) is 13.8 Å². The third kappa shape index (κ3) is 3.79. The summed E-state index contributed by atoms with van der Waals surface area (Å²) in [6, 6.07) is 0.194. The second-order valence-corrected chi connectivity index (χ2v) is 7.10. The molecule has 1 fully saturated rings. The van der Waals surface area contributed by atoms with Crippen LogP contribution in [0.4, 0.5) is 0 Å². The van der Waals surface area contributed by atoms with Crippen LogP contribution in [0, 0.1) is 11.8 Å². The van der Waals surface area contributed by atoms with Crippen LogP contribution >= 0.6 is 0 Å². The van der Waals surface area contributed by atoms with E-state index in [0.29, 0.717) is 18.2 Å². The lowest BCUT2D eigenvalue weighted by Crippen LogP contribution is -2.38. The molecular formula is C18H28N4O2. The van der Waals surface area contributed by atoms with Gasteiger partial charge in [-0.25, -0.2) is 4.98 Å². The maximum Gasteiger partial charge on any atom is 0.271 e. The van der Waals surface area contributed by atoms with E-state index in [1.165, 1.54) is 12.8 Å². The minimum Gasteiger partial charge on any atom is -0.356 e. The normalized spacial score (nSPS) is 19.9. The minimum absolute atomic E-state index is 0.0135. The van der Waals surface area contributed by atoms with Crippen LogP contribution < -0.4 is 10.6 Å². The molecule has 0 saturated heterocycles. The molecule has 1 unspecified atom stereocenters. The van der Waals surface area contributed by atoms with Gasteiger partial charge in [-0.3, -0.25) is 9.59 Å². The average Bonchev–Trinajstić information content (AvgIpc) is 3.34. The molecule has 2 amide bonds. The minimum atomic E-state index is -0.0888. The molecule has 1 aliphatic carbocycles. The van der Waals surface area contributed by atoms with Crippen LogP contribution in [0.3, 0.4) is 0 Å². The molecule has 2 heterocycles. The molecule has 0 aromatic carbocycles. The number of nitrogens with one attached hydrogen (secondary N) is 2. The molecule has 2 N–H and O–H groups in total. The van der Waals surface area contributed by atoms with Gasteiger partial charge in [-0.2, -0.15) is 0 Å². The highest BCUT2D eigenvalue weighted by atomic mass is 16.2. The van der Waals surface area contributed by atoms with Crippen LogP contribution in [0.2, 0.25) is 0 Å². The molecule has 24 heavy (non-hydrogen) atoms. The predicted molar refractivity (Wildman–Crippen MR) is 91.6 cm³/mol. The van der Waals surface area contributed by atoms with Gasteiger partial charge in [0.25, 0.3) is 5.91 Å². The Hall–Kier alpha value is -1.85. The van der Waals surface area contributed by atoms with Crippen LogP contribution in [0.15, 0.2) is 6.33 Å². The van der Waals surface area contributed by atoms with Crippen LogP contribution in [0.5, 0.6) is 0 Å². The summed E-state index contributed by atoms with van der Waals surface area (Å²) in [5.41, 5.74) is 1.49. The third-order valence-corrected chi connectivity index (χ3v) is 5.26. The zero-order valence-electron chi connectivity index (χ0n) is 14.7. The number of imidazole rings is 1. The monoisotopic (exact) mass is 332 g/mol. The summed E-state index contributed by atoms with van der Waals surface area (Å²) < 4.78 is 1.98. The summed E-state index contributed by atoms with van der Waals surface area (Å²) in [4.78, 5) is 29.0. The first kappa shape index (κ1) is 17.0. The molecule has 1 aromatic rings. The van der Waals surface area contributed by atoms with Gasteiger partial charge in [0.2, 0.25) is 5.91 Å². The SMILES string of the molecule is CCC(CC)NC(=O)c1ncn2c1CCC(C(=O)NCC1CC1)C2. The van der Waals surface area contributed by atoms with Gasteiger partial charge < -0.3 is 15.2 Å². The fourth-order valence-electron chi connectivity index (χ4n) is 3.33. The largest absolute Gasteiger partial charge is 0.356 e. The fraction of sp³-hybridized carbons (Fsp3) is 0.722. The Balaban J connectivity index is 1.60. The Labute approximate surface area is 143 Å². The Morgan fingerprint density at radius 3 is 2.71 bits per heavy atom. The van der Waals surface area contributed by atoms with Crippen molar-refractivity contribution in [1.82, 2.24) is 20.2 Å². The highest BCUT2D eigenvalue weighted by Gasteiger charge is 2.30. The van der Waals surface area contributed by atoms with E-state index >= 15 is 0 Å². The first-order chi connectivity index (χ1) is 11.6. The summed E-state index contributed by atoms with van der Waals surface area (Å²) in [7, 11) is 0. The summed E-state index contributed by atoms with van der Waals surface area (Å²) in [5.74, 6) is 0.737. The number of rotatable bonds is 7. The van der Waals surface area contributed by atoms with Crippen molar-refractivity contribution in [1.29, 1.82) is 0 Å². The number of hydrogen-bond donors (Lipinski definition) is 2. The van der Waals surface area contributed by atoms with Gasteiger partial charge >= 0.3 is 0 Å². The van der Waals surface area contributed by atoms with Gasteiger partial charge in [0.05, 0.1) is 17.9 Å². The van der Waals surface area contributed by atoms with Gasteiger partial charge in [0.1, 0.15) is 5.69 Å². The fourth-order valence-corrected chi connectivity index (χ4v) is 3.33. The molecular weight excluding hydrogens is 304 g/mol. The van der Waals surface area contributed by atoms with Crippen molar-refractivity contribution in [3.05, 3.63) is 17.7 Å². The van der Waals surface area contributed by atoms with Gasteiger partial charge in [0.15, 0.2) is 0 Å². The van der Waals surface area contributed by atoms with Crippen molar-refractivity contribution in [3.8, 4) is 0 Å². The number of aromatic nitrogens is 2. The molecule has 2 aliphatic rings. The molecule has 0 bridgehead atoms.